The van der Waals surface area contributed by atoms with Gasteiger partial charge in [-0.2, -0.15) is 0 Å². The van der Waals surface area contributed by atoms with Crippen molar-refractivity contribution < 1.29 is 4.79 Å². The molecule has 3 heterocycles. The molecule has 2 aromatic heterocycles. The number of hydrogen-bond donors (Lipinski definition) is 2. The highest BCUT2D eigenvalue weighted by molar-refractivity contribution is 7.16. The van der Waals surface area contributed by atoms with Gasteiger partial charge in [-0.25, -0.2) is 9.97 Å². The molecule has 0 aromatic carbocycles. The summed E-state index contributed by atoms with van der Waals surface area (Å²) < 4.78 is 0. The van der Waals surface area contributed by atoms with Gasteiger partial charge in [0, 0.05) is 11.1 Å². The van der Waals surface area contributed by atoms with E-state index in [0.29, 0.717) is 15.9 Å². The molecular weight excluding hydrogens is 316 g/mol. The lowest BCUT2D eigenvalue weighted by molar-refractivity contribution is 0.103. The second-order valence-corrected chi connectivity index (χ2v) is 7.59. The molecule has 1 saturated heterocycles. The van der Waals surface area contributed by atoms with E-state index in [-0.39, 0.29) is 5.91 Å². The van der Waals surface area contributed by atoms with Gasteiger partial charge >= 0.3 is 0 Å². The van der Waals surface area contributed by atoms with Gasteiger partial charge in [0.25, 0.3) is 5.91 Å². The van der Waals surface area contributed by atoms with Crippen molar-refractivity contribution in [3.63, 3.8) is 0 Å². The van der Waals surface area contributed by atoms with E-state index in [0.717, 1.165) is 43.8 Å². The van der Waals surface area contributed by atoms with Crippen LogP contribution < -0.4 is 10.6 Å². The lowest BCUT2D eigenvalue weighted by Gasteiger charge is -2.20. The van der Waals surface area contributed by atoms with Crippen molar-refractivity contribution in [2.24, 2.45) is 0 Å². The third-order valence-corrected chi connectivity index (χ3v) is 5.86. The Labute approximate surface area is 138 Å². The number of amides is 1. The third-order valence-electron chi connectivity index (χ3n) is 3.73. The maximum atomic E-state index is 12.2. The monoisotopic (exact) mass is 336 g/mol. The van der Waals surface area contributed by atoms with E-state index in [1.54, 1.807) is 17.5 Å². The van der Waals surface area contributed by atoms with E-state index in [9.17, 15) is 4.79 Å². The van der Waals surface area contributed by atoms with E-state index < -0.39 is 0 Å². The number of nitrogens with zero attached hydrogens (tertiary/aromatic N) is 2. The van der Waals surface area contributed by atoms with Crippen molar-refractivity contribution in [3.8, 4) is 0 Å². The predicted octanol–water partition coefficient (Wildman–Crippen LogP) is 3.27. The molecule has 0 bridgehead atoms. The normalized spacial score (nSPS) is 15.9. The number of carbonyl (C=O) groups excluding carboxylic acids is 1. The van der Waals surface area contributed by atoms with Crippen LogP contribution in [0, 0.1) is 0 Å². The van der Waals surface area contributed by atoms with Crippen molar-refractivity contribution in [1.82, 2.24) is 15.3 Å². The molecule has 3 rings (SSSR count). The minimum Gasteiger partial charge on any atom is -0.317 e. The van der Waals surface area contributed by atoms with Crippen LogP contribution in [0.3, 0.4) is 0 Å². The van der Waals surface area contributed by atoms with E-state index in [1.165, 1.54) is 16.2 Å². The Bertz CT molecular complexity index is 631. The van der Waals surface area contributed by atoms with Crippen LogP contribution in [-0.2, 0) is 6.42 Å². The van der Waals surface area contributed by atoms with Gasteiger partial charge in [-0.3, -0.25) is 10.1 Å². The maximum absolute atomic E-state index is 12.2. The van der Waals surface area contributed by atoms with Crippen LogP contribution in [0.25, 0.3) is 0 Å². The summed E-state index contributed by atoms with van der Waals surface area (Å²) in [4.78, 5) is 22.8. The molecule has 2 aromatic rings. The second-order valence-electron chi connectivity index (χ2n) is 5.41. The Balaban J connectivity index is 1.62. The number of carbonyl (C=O) groups is 1. The van der Waals surface area contributed by atoms with Crippen LogP contribution in [0.5, 0.6) is 0 Å². The lowest BCUT2D eigenvalue weighted by Crippen LogP contribution is -2.26. The van der Waals surface area contributed by atoms with Crippen LogP contribution in [-0.4, -0.2) is 29.0 Å². The van der Waals surface area contributed by atoms with Crippen LogP contribution >= 0.6 is 22.7 Å². The van der Waals surface area contributed by atoms with Crippen molar-refractivity contribution in [3.05, 3.63) is 27.2 Å². The molecule has 0 atom stereocenters. The molecule has 1 amide bonds. The molecule has 0 radical (unpaired) electrons. The van der Waals surface area contributed by atoms with Crippen molar-refractivity contribution in [2.45, 2.75) is 38.5 Å². The lowest BCUT2D eigenvalue weighted by atomic mass is 9.97. The van der Waals surface area contributed by atoms with E-state index in [2.05, 4.69) is 27.5 Å². The minimum absolute atomic E-state index is 0.105. The summed E-state index contributed by atoms with van der Waals surface area (Å²) in [5.41, 5.74) is 0. The Morgan fingerprint density at radius 3 is 2.91 bits per heavy atom. The van der Waals surface area contributed by atoms with Crippen LogP contribution in [0.2, 0.25) is 0 Å². The van der Waals surface area contributed by atoms with Gasteiger partial charge in [0.1, 0.15) is 4.88 Å². The Morgan fingerprint density at radius 1 is 1.32 bits per heavy atom. The van der Waals surface area contributed by atoms with Gasteiger partial charge in [0.15, 0.2) is 5.13 Å². The fourth-order valence-corrected chi connectivity index (χ4v) is 4.44. The Morgan fingerprint density at radius 2 is 2.14 bits per heavy atom. The molecule has 1 aliphatic heterocycles. The predicted molar refractivity (Wildman–Crippen MR) is 91.0 cm³/mol. The van der Waals surface area contributed by atoms with Crippen molar-refractivity contribution >= 4 is 33.7 Å². The highest BCUT2D eigenvalue weighted by Gasteiger charge is 2.19. The highest BCUT2D eigenvalue weighted by Crippen LogP contribution is 2.32. The molecule has 0 unspecified atom stereocenters. The maximum Gasteiger partial charge on any atom is 0.269 e. The van der Waals surface area contributed by atoms with Gasteiger partial charge in [-0.1, -0.05) is 6.92 Å². The van der Waals surface area contributed by atoms with E-state index in [4.69, 9.17) is 0 Å². The first-order valence-corrected chi connectivity index (χ1v) is 9.32. The summed E-state index contributed by atoms with van der Waals surface area (Å²) in [5.74, 6) is 0.468. The number of aryl methyl sites for hydroxylation is 1. The fraction of sp³-hybridized carbons (Fsp3) is 0.533. The zero-order valence-corrected chi connectivity index (χ0v) is 14.2. The van der Waals surface area contributed by atoms with E-state index >= 15 is 0 Å². The number of aromatic nitrogens is 2. The standard InChI is InChI=1S/C15H20N4OS2/c1-2-3-13-17-9-12(21-13)14(20)19-15-18-8-11(22-15)10-4-6-16-7-5-10/h8-10,16H,2-7H2,1H3,(H,18,19,20). The van der Waals surface area contributed by atoms with E-state index in [1.807, 2.05) is 6.20 Å². The molecule has 1 fully saturated rings. The number of anilines is 1. The zero-order chi connectivity index (χ0) is 15.4. The molecule has 0 aliphatic carbocycles. The molecule has 1 aliphatic rings. The average Bonchev–Trinajstić information content (AvgIpc) is 3.18. The number of thiazole rings is 2. The van der Waals surface area contributed by atoms with Crippen LogP contribution in [0.4, 0.5) is 5.13 Å². The summed E-state index contributed by atoms with van der Waals surface area (Å²) in [5, 5.41) is 7.96. The molecule has 7 heteroatoms. The summed E-state index contributed by atoms with van der Waals surface area (Å²) in [6.07, 6.45) is 7.82. The van der Waals surface area contributed by atoms with Gasteiger partial charge in [-0.05, 0) is 44.7 Å². The topological polar surface area (TPSA) is 66.9 Å². The van der Waals surface area contributed by atoms with Crippen molar-refractivity contribution in [1.29, 1.82) is 0 Å². The van der Waals surface area contributed by atoms with Gasteiger partial charge in [0.2, 0.25) is 0 Å². The summed E-state index contributed by atoms with van der Waals surface area (Å²) in [7, 11) is 0. The first-order valence-electron chi connectivity index (χ1n) is 7.68. The first-order chi connectivity index (χ1) is 10.8. The summed E-state index contributed by atoms with van der Waals surface area (Å²) in [6.45, 7) is 4.23. The minimum atomic E-state index is -0.105. The highest BCUT2D eigenvalue weighted by atomic mass is 32.1. The van der Waals surface area contributed by atoms with Gasteiger partial charge < -0.3 is 5.32 Å². The molecule has 2 N–H and O–H groups in total. The largest absolute Gasteiger partial charge is 0.317 e. The van der Waals surface area contributed by atoms with Gasteiger partial charge in [-0.15, -0.1) is 22.7 Å². The average molecular weight is 336 g/mol. The van der Waals surface area contributed by atoms with Crippen molar-refractivity contribution in [2.75, 3.05) is 18.4 Å². The quantitative estimate of drug-likeness (QED) is 0.879. The Hall–Kier alpha value is -1.31. The SMILES string of the molecule is CCCc1ncc(C(=O)Nc2ncc(C3CCNCC3)s2)s1. The molecule has 5 nitrogen and oxygen atoms in total. The second kappa shape index (κ2) is 7.30. The van der Waals surface area contributed by atoms with Crippen LogP contribution in [0.1, 0.15) is 51.7 Å². The summed E-state index contributed by atoms with van der Waals surface area (Å²) >= 11 is 3.06. The number of hydrogen-bond acceptors (Lipinski definition) is 6. The molecular formula is C15H20N4OS2. The smallest absolute Gasteiger partial charge is 0.269 e. The number of rotatable bonds is 5. The third kappa shape index (κ3) is 3.71. The van der Waals surface area contributed by atoms with Crippen LogP contribution in [0.15, 0.2) is 12.4 Å². The summed E-state index contributed by atoms with van der Waals surface area (Å²) in [6, 6.07) is 0. The zero-order valence-electron chi connectivity index (χ0n) is 12.6. The number of nitrogens with one attached hydrogen (secondary N) is 2. The molecule has 0 spiro atoms. The number of piperidine rings is 1. The Kier molecular flexibility index (Phi) is 5.17. The van der Waals surface area contributed by atoms with Gasteiger partial charge in [0.05, 0.1) is 11.2 Å². The molecule has 22 heavy (non-hydrogen) atoms. The first kappa shape index (κ1) is 15.6. The fourth-order valence-electron chi connectivity index (χ4n) is 2.54. The molecule has 118 valence electrons. The molecule has 0 saturated carbocycles.